The van der Waals surface area contributed by atoms with Gasteiger partial charge in [-0.25, -0.2) is 0 Å². The third kappa shape index (κ3) is 4.30. The number of alkyl halides is 1. The van der Waals surface area contributed by atoms with E-state index in [1.165, 1.54) is 11.3 Å². The minimum Gasteiger partial charge on any atom is -0.373 e. The molecule has 2 nitrogen and oxygen atoms in total. The zero-order valence-electron chi connectivity index (χ0n) is 10.8. The lowest BCUT2D eigenvalue weighted by Crippen LogP contribution is -2.33. The minimum atomic E-state index is 0.512. The van der Waals surface area contributed by atoms with Crippen LogP contribution in [0, 0.1) is 0 Å². The first-order valence-electron chi connectivity index (χ1n) is 5.97. The third-order valence-electron chi connectivity index (χ3n) is 2.81. The Morgan fingerprint density at radius 3 is 2.81 bits per heavy atom. The molecule has 16 heavy (non-hydrogen) atoms. The smallest absolute Gasteiger partial charge is 0.0367 e. The Morgan fingerprint density at radius 1 is 1.56 bits per heavy atom. The molecule has 0 saturated carbocycles. The molecule has 0 aromatic rings. The number of hydrogen-bond donors (Lipinski definition) is 1. The molecule has 0 aliphatic heterocycles. The van der Waals surface area contributed by atoms with Crippen LogP contribution in [0.15, 0.2) is 23.4 Å². The number of hydrogen-bond acceptors (Lipinski definition) is 2. The molecule has 1 aliphatic carbocycles. The summed E-state index contributed by atoms with van der Waals surface area (Å²) in [5, 5.41) is 3.44. The molecule has 1 N–H and O–H groups in total. The molecule has 0 fully saturated rings. The quantitative estimate of drug-likeness (QED) is 0.782. The average molecular weight is 287 g/mol. The Kier molecular flexibility index (Phi) is 5.56. The first-order valence-corrected chi connectivity index (χ1v) is 6.89. The maximum atomic E-state index is 3.63. The summed E-state index contributed by atoms with van der Waals surface area (Å²) in [4.78, 5) is 2.85. The van der Waals surface area contributed by atoms with Gasteiger partial charge in [0.2, 0.25) is 0 Å². The van der Waals surface area contributed by atoms with Crippen LogP contribution < -0.4 is 5.32 Å². The van der Waals surface area contributed by atoms with Gasteiger partial charge in [0.15, 0.2) is 0 Å². The SMILES string of the molecule is CC1=C(N(C)CCNC(C)C)C=C[C@@H](Br)C1. The second-order valence-corrected chi connectivity index (χ2v) is 5.95. The molecule has 0 heterocycles. The van der Waals surface area contributed by atoms with Gasteiger partial charge in [-0.2, -0.15) is 0 Å². The minimum absolute atomic E-state index is 0.512. The highest BCUT2D eigenvalue weighted by Gasteiger charge is 2.13. The van der Waals surface area contributed by atoms with Crippen LogP contribution in [0.5, 0.6) is 0 Å². The highest BCUT2D eigenvalue weighted by molar-refractivity contribution is 9.09. The van der Waals surface area contributed by atoms with E-state index in [1.807, 2.05) is 0 Å². The number of rotatable bonds is 5. The second-order valence-electron chi connectivity index (χ2n) is 4.78. The molecule has 92 valence electrons. The molecule has 0 radical (unpaired) electrons. The molecule has 0 bridgehead atoms. The summed E-state index contributed by atoms with van der Waals surface area (Å²) in [5.74, 6) is 0. The van der Waals surface area contributed by atoms with Crippen LogP contribution in [0.2, 0.25) is 0 Å². The summed E-state index contributed by atoms with van der Waals surface area (Å²) in [7, 11) is 2.17. The fraction of sp³-hybridized carbons (Fsp3) is 0.692. The van der Waals surface area contributed by atoms with Crippen molar-refractivity contribution in [2.45, 2.75) is 38.1 Å². The first kappa shape index (κ1) is 13.8. The molecule has 0 unspecified atom stereocenters. The highest BCUT2D eigenvalue weighted by atomic mass is 79.9. The fourth-order valence-corrected chi connectivity index (χ4v) is 2.54. The van der Waals surface area contributed by atoms with Gasteiger partial charge in [0.1, 0.15) is 0 Å². The average Bonchev–Trinajstić information content (AvgIpc) is 2.16. The van der Waals surface area contributed by atoms with Crippen molar-refractivity contribution in [3.63, 3.8) is 0 Å². The predicted octanol–water partition coefficient (Wildman–Crippen LogP) is 2.91. The van der Waals surface area contributed by atoms with Gasteiger partial charge in [-0.05, 0) is 25.0 Å². The number of allylic oxidation sites excluding steroid dienone is 3. The van der Waals surface area contributed by atoms with Gasteiger partial charge in [0.05, 0.1) is 0 Å². The molecule has 0 saturated heterocycles. The van der Waals surface area contributed by atoms with Gasteiger partial charge in [-0.3, -0.25) is 0 Å². The lowest BCUT2D eigenvalue weighted by atomic mass is 10.0. The maximum absolute atomic E-state index is 3.63. The van der Waals surface area contributed by atoms with E-state index in [0.29, 0.717) is 10.9 Å². The van der Waals surface area contributed by atoms with Crippen molar-refractivity contribution in [2.24, 2.45) is 0 Å². The molecular formula is C13H23BrN2. The van der Waals surface area contributed by atoms with Crippen molar-refractivity contribution in [2.75, 3.05) is 20.1 Å². The third-order valence-corrected chi connectivity index (χ3v) is 3.44. The van der Waals surface area contributed by atoms with E-state index in [4.69, 9.17) is 0 Å². The number of likely N-dealkylation sites (N-methyl/N-ethyl adjacent to an activating group) is 1. The monoisotopic (exact) mass is 286 g/mol. The molecule has 3 heteroatoms. The Morgan fingerprint density at radius 2 is 2.25 bits per heavy atom. The Hall–Kier alpha value is -0.280. The Bertz CT molecular complexity index is 282. The summed E-state index contributed by atoms with van der Waals surface area (Å²) in [6.45, 7) is 8.68. The number of nitrogens with one attached hydrogen (secondary N) is 1. The van der Waals surface area contributed by atoms with E-state index in [1.54, 1.807) is 0 Å². The van der Waals surface area contributed by atoms with E-state index in [9.17, 15) is 0 Å². The van der Waals surface area contributed by atoms with E-state index in [-0.39, 0.29) is 0 Å². The van der Waals surface area contributed by atoms with Crippen LogP contribution in [-0.4, -0.2) is 35.9 Å². The fourth-order valence-electron chi connectivity index (χ4n) is 1.90. The lowest BCUT2D eigenvalue weighted by Gasteiger charge is -2.26. The second kappa shape index (κ2) is 6.45. The van der Waals surface area contributed by atoms with Crippen LogP contribution in [0.1, 0.15) is 27.2 Å². The maximum Gasteiger partial charge on any atom is 0.0367 e. The Labute approximate surface area is 108 Å². The van der Waals surface area contributed by atoms with E-state index >= 15 is 0 Å². The summed E-state index contributed by atoms with van der Waals surface area (Å²) < 4.78 is 0. The summed E-state index contributed by atoms with van der Waals surface area (Å²) in [6.07, 6.45) is 5.58. The first-order chi connectivity index (χ1) is 7.50. The number of halogens is 1. The van der Waals surface area contributed by atoms with Crippen molar-refractivity contribution in [3.8, 4) is 0 Å². The van der Waals surface area contributed by atoms with Crippen LogP contribution in [0.25, 0.3) is 0 Å². The van der Waals surface area contributed by atoms with E-state index < -0.39 is 0 Å². The van der Waals surface area contributed by atoms with E-state index in [0.717, 1.165) is 19.5 Å². The van der Waals surface area contributed by atoms with Crippen molar-refractivity contribution in [1.29, 1.82) is 0 Å². The molecule has 1 aliphatic rings. The number of nitrogens with zero attached hydrogens (tertiary/aromatic N) is 1. The molecule has 0 amide bonds. The zero-order valence-corrected chi connectivity index (χ0v) is 12.3. The van der Waals surface area contributed by atoms with Gasteiger partial charge >= 0.3 is 0 Å². The predicted molar refractivity (Wildman–Crippen MR) is 74.9 cm³/mol. The van der Waals surface area contributed by atoms with Crippen molar-refractivity contribution < 1.29 is 0 Å². The molecule has 0 aromatic carbocycles. The molecule has 0 spiro atoms. The zero-order chi connectivity index (χ0) is 12.1. The summed E-state index contributed by atoms with van der Waals surface area (Å²) in [6, 6.07) is 0.567. The summed E-state index contributed by atoms with van der Waals surface area (Å²) in [5.41, 5.74) is 2.85. The Balaban J connectivity index is 2.45. The molecule has 0 aromatic heterocycles. The van der Waals surface area contributed by atoms with Gasteiger partial charge in [-0.1, -0.05) is 35.9 Å². The van der Waals surface area contributed by atoms with E-state index in [2.05, 4.69) is 66.1 Å². The van der Waals surface area contributed by atoms with Crippen LogP contribution in [-0.2, 0) is 0 Å². The molecule has 1 atom stereocenters. The van der Waals surface area contributed by atoms with Crippen LogP contribution >= 0.6 is 15.9 Å². The largest absolute Gasteiger partial charge is 0.373 e. The van der Waals surface area contributed by atoms with Gasteiger partial charge in [0.25, 0.3) is 0 Å². The lowest BCUT2D eigenvalue weighted by molar-refractivity contribution is 0.403. The molecular weight excluding hydrogens is 264 g/mol. The van der Waals surface area contributed by atoms with Crippen molar-refractivity contribution in [1.82, 2.24) is 10.2 Å². The van der Waals surface area contributed by atoms with Gasteiger partial charge < -0.3 is 10.2 Å². The normalized spacial score (nSPS) is 20.8. The summed E-state index contributed by atoms with van der Waals surface area (Å²) >= 11 is 3.63. The highest BCUT2D eigenvalue weighted by Crippen LogP contribution is 2.24. The van der Waals surface area contributed by atoms with Gasteiger partial charge in [-0.15, -0.1) is 0 Å². The van der Waals surface area contributed by atoms with Crippen LogP contribution in [0.4, 0.5) is 0 Å². The van der Waals surface area contributed by atoms with Crippen LogP contribution in [0.3, 0.4) is 0 Å². The van der Waals surface area contributed by atoms with Crippen molar-refractivity contribution in [3.05, 3.63) is 23.4 Å². The van der Waals surface area contributed by atoms with Gasteiger partial charge in [0, 0.05) is 36.7 Å². The standard InChI is InChI=1S/C13H23BrN2/c1-10(2)15-7-8-16(4)13-6-5-12(14)9-11(13)3/h5-6,10,12,15H,7-9H2,1-4H3/t12-/m1/s1. The van der Waals surface area contributed by atoms with Crippen molar-refractivity contribution >= 4 is 15.9 Å². The topological polar surface area (TPSA) is 15.3 Å². The molecule has 1 rings (SSSR count).